The highest BCUT2D eigenvalue weighted by Gasteiger charge is 2.60. The molecule has 0 radical (unpaired) electrons. The first-order chi connectivity index (χ1) is 9.63. The van der Waals surface area contributed by atoms with E-state index in [9.17, 15) is 14.4 Å². The number of likely N-dealkylation sites (tertiary alicyclic amines) is 1. The largest absolute Gasteiger partial charge is 0.469 e. The molecule has 3 rings (SSSR count). The minimum Gasteiger partial charge on any atom is -0.469 e. The smallest absolute Gasteiger partial charge is 0.309 e. The lowest BCUT2D eigenvalue weighted by Gasteiger charge is -2.33. The molecule has 5 nitrogen and oxygen atoms in total. The van der Waals surface area contributed by atoms with Crippen LogP contribution in [0.25, 0.3) is 0 Å². The third-order valence-corrected chi connectivity index (χ3v) is 4.20. The van der Waals surface area contributed by atoms with Gasteiger partial charge in [-0.2, -0.15) is 0 Å². The molecular formula is C15H15NO4. The standard InChI is InChI=1S/C15H15NO4/c1-20-15(19)11-7-10-12(11)14(18)16(13(10)17)8-9-5-3-2-4-6-9/h2-6,10-12H,7-8H2,1H3/t10-,11+,12-/m0/s1. The molecule has 1 saturated heterocycles. The second kappa shape index (κ2) is 4.74. The molecule has 0 bridgehead atoms. The predicted molar refractivity (Wildman–Crippen MR) is 69.1 cm³/mol. The molecule has 104 valence electrons. The molecule has 1 heterocycles. The van der Waals surface area contributed by atoms with Crippen molar-refractivity contribution in [1.82, 2.24) is 4.90 Å². The number of esters is 1. The number of fused-ring (bicyclic) bond motifs is 1. The number of rotatable bonds is 3. The Morgan fingerprint density at radius 2 is 1.95 bits per heavy atom. The lowest BCUT2D eigenvalue weighted by atomic mass is 9.66. The number of ether oxygens (including phenoxy) is 1. The number of carbonyl (C=O) groups excluding carboxylic acids is 3. The molecule has 20 heavy (non-hydrogen) atoms. The van der Waals surface area contributed by atoms with Crippen LogP contribution in [0.3, 0.4) is 0 Å². The average molecular weight is 273 g/mol. The molecule has 1 aromatic carbocycles. The fourth-order valence-corrected chi connectivity index (χ4v) is 3.05. The van der Waals surface area contributed by atoms with Crippen LogP contribution in [-0.2, 0) is 25.7 Å². The average Bonchev–Trinajstić information content (AvgIpc) is 2.60. The van der Waals surface area contributed by atoms with Gasteiger partial charge in [0, 0.05) is 0 Å². The summed E-state index contributed by atoms with van der Waals surface area (Å²) in [5.41, 5.74) is 0.908. The Morgan fingerprint density at radius 1 is 1.25 bits per heavy atom. The fourth-order valence-electron chi connectivity index (χ4n) is 3.05. The van der Waals surface area contributed by atoms with E-state index in [1.165, 1.54) is 12.0 Å². The van der Waals surface area contributed by atoms with Crippen LogP contribution >= 0.6 is 0 Å². The first-order valence-electron chi connectivity index (χ1n) is 6.60. The van der Waals surface area contributed by atoms with Gasteiger partial charge in [0.2, 0.25) is 11.8 Å². The van der Waals surface area contributed by atoms with E-state index in [0.717, 1.165) is 5.56 Å². The van der Waals surface area contributed by atoms with Crippen LogP contribution in [0.1, 0.15) is 12.0 Å². The molecule has 0 unspecified atom stereocenters. The molecule has 2 aliphatic rings. The summed E-state index contributed by atoms with van der Waals surface area (Å²) in [6.45, 7) is 0.277. The van der Waals surface area contributed by atoms with Crippen LogP contribution in [0.5, 0.6) is 0 Å². The SMILES string of the molecule is COC(=O)[C@@H]1C[C@@H]2C(=O)N(Cc3ccccc3)C(=O)[C@@H]21. The van der Waals surface area contributed by atoms with Crippen molar-refractivity contribution in [1.29, 1.82) is 0 Å². The van der Waals surface area contributed by atoms with E-state index in [2.05, 4.69) is 4.74 Å². The maximum absolute atomic E-state index is 12.3. The van der Waals surface area contributed by atoms with Crippen molar-refractivity contribution >= 4 is 17.8 Å². The minimum atomic E-state index is -0.515. The maximum Gasteiger partial charge on any atom is 0.309 e. The number of hydrogen-bond donors (Lipinski definition) is 0. The molecule has 1 saturated carbocycles. The second-order valence-corrected chi connectivity index (χ2v) is 5.25. The number of amides is 2. The molecule has 2 amide bonds. The maximum atomic E-state index is 12.3. The Balaban J connectivity index is 1.77. The summed E-state index contributed by atoms with van der Waals surface area (Å²) in [5.74, 6) is -2.11. The van der Waals surface area contributed by atoms with Gasteiger partial charge < -0.3 is 4.74 Å². The number of nitrogens with zero attached hydrogens (tertiary/aromatic N) is 1. The van der Waals surface area contributed by atoms with Crippen molar-refractivity contribution in [2.75, 3.05) is 7.11 Å². The van der Waals surface area contributed by atoms with E-state index in [1.807, 2.05) is 30.3 Å². The molecule has 1 aliphatic carbocycles. The van der Waals surface area contributed by atoms with Crippen molar-refractivity contribution in [3.05, 3.63) is 35.9 Å². The highest BCUT2D eigenvalue weighted by atomic mass is 16.5. The summed E-state index contributed by atoms with van der Waals surface area (Å²) in [6.07, 6.45) is 0.424. The summed E-state index contributed by atoms with van der Waals surface area (Å²) < 4.78 is 4.68. The lowest BCUT2D eigenvalue weighted by molar-refractivity contribution is -0.158. The van der Waals surface area contributed by atoms with Crippen molar-refractivity contribution in [3.63, 3.8) is 0 Å². The van der Waals surface area contributed by atoms with Gasteiger partial charge in [-0.1, -0.05) is 30.3 Å². The quantitative estimate of drug-likeness (QED) is 0.608. The molecule has 3 atom stereocenters. The van der Waals surface area contributed by atoms with Gasteiger partial charge in [-0.3, -0.25) is 19.3 Å². The molecular weight excluding hydrogens is 258 g/mol. The van der Waals surface area contributed by atoms with E-state index in [-0.39, 0.29) is 24.3 Å². The van der Waals surface area contributed by atoms with E-state index in [4.69, 9.17) is 0 Å². The monoisotopic (exact) mass is 273 g/mol. The van der Waals surface area contributed by atoms with Crippen LogP contribution < -0.4 is 0 Å². The fraction of sp³-hybridized carbons (Fsp3) is 0.400. The third kappa shape index (κ3) is 1.81. The van der Waals surface area contributed by atoms with Gasteiger partial charge in [-0.05, 0) is 12.0 Å². The third-order valence-electron chi connectivity index (χ3n) is 4.20. The van der Waals surface area contributed by atoms with Crippen LogP contribution in [0, 0.1) is 17.8 Å². The minimum absolute atomic E-state index is 0.163. The lowest BCUT2D eigenvalue weighted by Crippen LogP contribution is -2.43. The van der Waals surface area contributed by atoms with Crippen molar-refractivity contribution in [2.45, 2.75) is 13.0 Å². The van der Waals surface area contributed by atoms with Crippen LogP contribution in [0.4, 0.5) is 0 Å². The number of methoxy groups -OCH3 is 1. The van der Waals surface area contributed by atoms with Gasteiger partial charge in [0.15, 0.2) is 0 Å². The summed E-state index contributed by atoms with van der Waals surface area (Å²) in [7, 11) is 1.30. The van der Waals surface area contributed by atoms with Crippen molar-refractivity contribution in [3.8, 4) is 0 Å². The van der Waals surface area contributed by atoms with E-state index in [0.29, 0.717) is 6.42 Å². The molecule has 1 aromatic rings. The Kier molecular flexibility index (Phi) is 3.04. The Labute approximate surface area is 116 Å². The molecule has 1 aliphatic heterocycles. The van der Waals surface area contributed by atoms with Gasteiger partial charge in [0.25, 0.3) is 0 Å². The molecule has 0 spiro atoms. The zero-order valence-corrected chi connectivity index (χ0v) is 11.1. The van der Waals surface area contributed by atoms with Crippen molar-refractivity contribution < 1.29 is 19.1 Å². The molecule has 0 N–H and O–H groups in total. The van der Waals surface area contributed by atoms with E-state index < -0.39 is 17.8 Å². The highest BCUT2D eigenvalue weighted by molar-refractivity contribution is 6.08. The Hall–Kier alpha value is -2.17. The summed E-state index contributed by atoms with van der Waals surface area (Å²) in [6, 6.07) is 9.36. The van der Waals surface area contributed by atoms with Gasteiger partial charge in [0.1, 0.15) is 0 Å². The zero-order valence-electron chi connectivity index (χ0n) is 11.1. The Morgan fingerprint density at radius 3 is 2.60 bits per heavy atom. The predicted octanol–water partition coefficient (Wildman–Crippen LogP) is 0.981. The first kappa shape index (κ1) is 12.8. The Bertz CT molecular complexity index is 568. The van der Waals surface area contributed by atoms with E-state index >= 15 is 0 Å². The summed E-state index contributed by atoms with van der Waals surface area (Å²) in [4.78, 5) is 37.3. The van der Waals surface area contributed by atoms with Gasteiger partial charge in [-0.15, -0.1) is 0 Å². The molecule has 2 fully saturated rings. The number of hydrogen-bond acceptors (Lipinski definition) is 4. The summed E-state index contributed by atoms with van der Waals surface area (Å²) >= 11 is 0. The van der Waals surface area contributed by atoms with Gasteiger partial charge in [0.05, 0.1) is 31.4 Å². The number of carbonyl (C=O) groups is 3. The van der Waals surface area contributed by atoms with Crippen LogP contribution in [0.15, 0.2) is 30.3 Å². The highest BCUT2D eigenvalue weighted by Crippen LogP contribution is 2.48. The zero-order chi connectivity index (χ0) is 14.3. The number of benzene rings is 1. The van der Waals surface area contributed by atoms with Crippen molar-refractivity contribution in [2.24, 2.45) is 17.8 Å². The second-order valence-electron chi connectivity index (χ2n) is 5.25. The van der Waals surface area contributed by atoms with E-state index in [1.54, 1.807) is 0 Å². The van der Waals surface area contributed by atoms with Crippen LogP contribution in [0.2, 0.25) is 0 Å². The first-order valence-corrected chi connectivity index (χ1v) is 6.60. The number of imide groups is 1. The summed E-state index contributed by atoms with van der Waals surface area (Å²) in [5, 5.41) is 0. The van der Waals surface area contributed by atoms with Gasteiger partial charge >= 0.3 is 5.97 Å². The molecule has 5 heteroatoms. The van der Waals surface area contributed by atoms with Gasteiger partial charge in [-0.25, -0.2) is 0 Å². The molecule has 0 aromatic heterocycles. The topological polar surface area (TPSA) is 63.7 Å². The van der Waals surface area contributed by atoms with Crippen LogP contribution in [-0.4, -0.2) is 29.8 Å². The normalized spacial score (nSPS) is 28.1.